The van der Waals surface area contributed by atoms with Crippen LogP contribution in [0.2, 0.25) is 0 Å². The third-order valence-corrected chi connectivity index (χ3v) is 5.25. The van der Waals surface area contributed by atoms with Crippen LogP contribution in [0, 0.1) is 0 Å². The maximum absolute atomic E-state index is 12.2. The largest absolute Gasteiger partial charge is 0.481 e. The molecule has 2 unspecified atom stereocenters. The lowest BCUT2D eigenvalue weighted by atomic mass is 10.1. The lowest BCUT2D eigenvalue weighted by Gasteiger charge is -2.31. The number of anilines is 1. The molecule has 1 aromatic rings. The molecule has 0 radical (unpaired) electrons. The molecule has 17 heavy (non-hydrogen) atoms. The molecular weight excluding hydrogens is 242 g/mol. The van der Waals surface area contributed by atoms with Crippen molar-refractivity contribution < 1.29 is 18.3 Å². The predicted octanol–water partition coefficient (Wildman–Crippen LogP) is 1.12. The highest BCUT2D eigenvalue weighted by Gasteiger charge is 2.39. The van der Waals surface area contributed by atoms with Gasteiger partial charge in [-0.3, -0.25) is 4.79 Å². The van der Waals surface area contributed by atoms with Crippen molar-refractivity contribution in [3.63, 3.8) is 0 Å². The molecule has 5 nitrogen and oxygen atoms in total. The summed E-state index contributed by atoms with van der Waals surface area (Å²) in [6.45, 7) is 1.68. The first-order valence-corrected chi connectivity index (χ1v) is 6.79. The third-order valence-electron chi connectivity index (χ3n) is 2.91. The van der Waals surface area contributed by atoms with Gasteiger partial charge in [0.2, 0.25) is 0 Å². The summed E-state index contributed by atoms with van der Waals surface area (Å²) in [6, 6.07) is 6.14. The zero-order valence-corrected chi connectivity index (χ0v) is 10.1. The van der Waals surface area contributed by atoms with Gasteiger partial charge in [0.1, 0.15) is 0 Å². The average molecular weight is 255 g/mol. The van der Waals surface area contributed by atoms with Gasteiger partial charge in [-0.05, 0) is 19.1 Å². The van der Waals surface area contributed by atoms with Gasteiger partial charge >= 0.3 is 5.97 Å². The SMILES string of the molecule is CC1Nc2ccccc2S(=O)(=O)C1CC(=O)O. The van der Waals surface area contributed by atoms with Gasteiger partial charge in [0.05, 0.1) is 22.3 Å². The second-order valence-corrected chi connectivity index (χ2v) is 6.25. The van der Waals surface area contributed by atoms with E-state index in [1.165, 1.54) is 6.07 Å². The van der Waals surface area contributed by atoms with Crippen LogP contribution >= 0.6 is 0 Å². The Hall–Kier alpha value is -1.56. The lowest BCUT2D eigenvalue weighted by Crippen LogP contribution is -2.43. The highest BCUT2D eigenvalue weighted by molar-refractivity contribution is 7.92. The molecule has 0 aromatic heterocycles. The Labute approximate surface area is 99.4 Å². The van der Waals surface area contributed by atoms with Gasteiger partial charge in [0.25, 0.3) is 0 Å². The number of aliphatic carboxylic acids is 1. The van der Waals surface area contributed by atoms with Crippen LogP contribution < -0.4 is 5.32 Å². The molecule has 92 valence electrons. The Kier molecular flexibility index (Phi) is 2.82. The standard InChI is InChI=1S/C11H13NO4S/c1-7-10(6-11(13)14)17(15,16)9-5-3-2-4-8(9)12-7/h2-5,7,10,12H,6H2,1H3,(H,13,14). The zero-order chi connectivity index (χ0) is 12.6. The highest BCUT2D eigenvalue weighted by atomic mass is 32.2. The van der Waals surface area contributed by atoms with E-state index >= 15 is 0 Å². The predicted molar refractivity (Wildman–Crippen MR) is 62.8 cm³/mol. The first-order chi connectivity index (χ1) is 7.93. The number of carboxylic acid groups (broad SMARTS) is 1. The Morgan fingerprint density at radius 1 is 1.41 bits per heavy atom. The molecular formula is C11H13NO4S. The van der Waals surface area contributed by atoms with Crippen LogP contribution in [0.3, 0.4) is 0 Å². The van der Waals surface area contributed by atoms with Gasteiger partial charge in [0, 0.05) is 6.04 Å². The first kappa shape index (κ1) is 11.9. The van der Waals surface area contributed by atoms with Crippen LogP contribution in [-0.2, 0) is 14.6 Å². The molecule has 0 saturated carbocycles. The molecule has 1 aliphatic rings. The second-order valence-electron chi connectivity index (χ2n) is 4.11. The molecule has 1 heterocycles. The van der Waals surface area contributed by atoms with Crippen LogP contribution in [0.5, 0.6) is 0 Å². The van der Waals surface area contributed by atoms with Gasteiger partial charge in [-0.1, -0.05) is 12.1 Å². The van der Waals surface area contributed by atoms with Crippen LogP contribution in [-0.4, -0.2) is 30.8 Å². The number of benzene rings is 1. The van der Waals surface area contributed by atoms with Crippen molar-refractivity contribution in [3.8, 4) is 0 Å². The number of sulfone groups is 1. The minimum absolute atomic E-state index is 0.185. The van der Waals surface area contributed by atoms with Crippen LogP contribution in [0.4, 0.5) is 5.69 Å². The summed E-state index contributed by atoms with van der Waals surface area (Å²) >= 11 is 0. The molecule has 6 heteroatoms. The van der Waals surface area contributed by atoms with Crippen LogP contribution in [0.15, 0.2) is 29.2 Å². The van der Waals surface area contributed by atoms with Crippen LogP contribution in [0.25, 0.3) is 0 Å². The number of nitrogens with one attached hydrogen (secondary N) is 1. The molecule has 2 N–H and O–H groups in total. The normalized spacial score (nSPS) is 25.7. The minimum atomic E-state index is -3.57. The number of hydrogen-bond acceptors (Lipinski definition) is 4. The van der Waals surface area contributed by atoms with E-state index in [4.69, 9.17) is 5.11 Å². The summed E-state index contributed by atoms with van der Waals surface area (Å²) in [5, 5.41) is 10.9. The summed E-state index contributed by atoms with van der Waals surface area (Å²) < 4.78 is 24.5. The van der Waals surface area contributed by atoms with Crippen molar-refractivity contribution in [1.29, 1.82) is 0 Å². The summed E-state index contributed by atoms with van der Waals surface area (Å²) in [7, 11) is -3.57. The van der Waals surface area contributed by atoms with E-state index in [9.17, 15) is 13.2 Å². The molecule has 0 aliphatic carbocycles. The summed E-state index contributed by atoms with van der Waals surface area (Å²) in [4.78, 5) is 10.9. The Balaban J connectivity index is 2.51. The summed E-state index contributed by atoms with van der Waals surface area (Å²) in [5.74, 6) is -1.10. The molecule has 0 spiro atoms. The van der Waals surface area contributed by atoms with E-state index in [0.29, 0.717) is 5.69 Å². The molecule has 2 atom stereocenters. The number of rotatable bonds is 2. The van der Waals surface area contributed by atoms with Crippen molar-refractivity contribution in [2.24, 2.45) is 0 Å². The average Bonchev–Trinajstić information content (AvgIpc) is 2.24. The second kappa shape index (κ2) is 4.03. The highest BCUT2D eigenvalue weighted by Crippen LogP contribution is 2.33. The van der Waals surface area contributed by atoms with Crippen molar-refractivity contribution in [2.45, 2.75) is 29.5 Å². The molecule has 2 rings (SSSR count). The van der Waals surface area contributed by atoms with E-state index in [1.807, 2.05) is 0 Å². The van der Waals surface area contributed by atoms with E-state index in [1.54, 1.807) is 25.1 Å². The monoisotopic (exact) mass is 255 g/mol. The minimum Gasteiger partial charge on any atom is -0.481 e. The fourth-order valence-corrected chi connectivity index (χ4v) is 4.06. The fraction of sp³-hybridized carbons (Fsp3) is 0.364. The molecule has 1 aromatic carbocycles. The number of carboxylic acids is 1. The fourth-order valence-electron chi connectivity index (χ4n) is 2.06. The maximum atomic E-state index is 12.2. The molecule has 0 bridgehead atoms. The zero-order valence-electron chi connectivity index (χ0n) is 9.25. The van der Waals surface area contributed by atoms with Crippen LogP contribution in [0.1, 0.15) is 13.3 Å². The lowest BCUT2D eigenvalue weighted by molar-refractivity contribution is -0.137. The van der Waals surface area contributed by atoms with E-state index in [0.717, 1.165) is 0 Å². The van der Waals surface area contributed by atoms with E-state index in [-0.39, 0.29) is 11.3 Å². The Morgan fingerprint density at radius 2 is 2.06 bits per heavy atom. The van der Waals surface area contributed by atoms with Crippen molar-refractivity contribution in [2.75, 3.05) is 5.32 Å². The maximum Gasteiger partial charge on any atom is 0.304 e. The quantitative estimate of drug-likeness (QED) is 0.827. The Morgan fingerprint density at radius 3 is 2.71 bits per heavy atom. The van der Waals surface area contributed by atoms with Gasteiger partial charge in [-0.15, -0.1) is 0 Å². The molecule has 0 amide bonds. The number of fused-ring (bicyclic) bond motifs is 1. The Bertz CT molecular complexity index is 552. The molecule has 1 aliphatic heterocycles. The van der Waals surface area contributed by atoms with Gasteiger partial charge < -0.3 is 10.4 Å². The smallest absolute Gasteiger partial charge is 0.304 e. The topological polar surface area (TPSA) is 83.5 Å². The van der Waals surface area contributed by atoms with E-state index < -0.39 is 27.1 Å². The van der Waals surface area contributed by atoms with Crippen molar-refractivity contribution in [1.82, 2.24) is 0 Å². The van der Waals surface area contributed by atoms with Gasteiger partial charge in [-0.25, -0.2) is 8.42 Å². The van der Waals surface area contributed by atoms with Gasteiger partial charge in [0.15, 0.2) is 9.84 Å². The third kappa shape index (κ3) is 2.00. The first-order valence-electron chi connectivity index (χ1n) is 5.24. The van der Waals surface area contributed by atoms with Gasteiger partial charge in [-0.2, -0.15) is 0 Å². The number of carbonyl (C=O) groups is 1. The van der Waals surface area contributed by atoms with Crippen molar-refractivity contribution in [3.05, 3.63) is 24.3 Å². The van der Waals surface area contributed by atoms with Crippen molar-refractivity contribution >= 4 is 21.5 Å². The summed E-state index contributed by atoms with van der Waals surface area (Å²) in [6.07, 6.45) is -0.384. The number of hydrogen-bond donors (Lipinski definition) is 2. The van der Waals surface area contributed by atoms with E-state index in [2.05, 4.69) is 5.32 Å². The number of para-hydroxylation sites is 1. The summed E-state index contributed by atoms with van der Waals surface area (Å²) in [5.41, 5.74) is 0.543. The molecule has 0 fully saturated rings. The molecule has 0 saturated heterocycles.